The number of fused-ring (bicyclic) bond motifs is 1. The Hall–Kier alpha value is -2.98. The van der Waals surface area contributed by atoms with Crippen LogP contribution in [0.3, 0.4) is 0 Å². The summed E-state index contributed by atoms with van der Waals surface area (Å²) in [5, 5.41) is 0. The Morgan fingerprint density at radius 3 is 2.13 bits per heavy atom. The minimum absolute atomic E-state index is 0.106. The van der Waals surface area contributed by atoms with Crippen LogP contribution in [-0.2, 0) is 24.1 Å². The summed E-state index contributed by atoms with van der Waals surface area (Å²) in [7, 11) is -0.539. The average Bonchev–Trinajstić information content (AvgIpc) is 2.97. The number of carbonyl (C=O) groups excluding carboxylic acids is 1. The van der Waals surface area contributed by atoms with Crippen LogP contribution in [0.1, 0.15) is 10.4 Å². The molecule has 10 heteroatoms. The number of amides is 1. The minimum Gasteiger partial charge on any atom is -0.336 e. The van der Waals surface area contributed by atoms with Crippen LogP contribution in [0.15, 0.2) is 52.2 Å². The molecule has 0 saturated carbocycles. The van der Waals surface area contributed by atoms with E-state index in [9.17, 15) is 22.4 Å². The molecule has 1 fully saturated rings. The molecule has 0 unspecified atom stereocenters. The third-order valence-electron chi connectivity index (χ3n) is 5.50. The van der Waals surface area contributed by atoms with Crippen LogP contribution in [-0.4, -0.2) is 58.8 Å². The van der Waals surface area contributed by atoms with Crippen molar-refractivity contribution in [1.29, 1.82) is 0 Å². The standard InChI is InChI=1S/C20H21FN4O4S/c1-22-17-8-7-16(13-18(17)23(2)20(22)27)30(28,29)25-11-9-24(10-12-25)19(26)14-3-5-15(21)6-4-14/h3-8,13H,9-12H2,1-2H3. The molecular formula is C20H21FN4O4S. The molecule has 0 atom stereocenters. The van der Waals surface area contributed by atoms with Gasteiger partial charge in [-0.1, -0.05) is 0 Å². The van der Waals surface area contributed by atoms with Gasteiger partial charge in [0.05, 0.1) is 15.9 Å². The molecule has 2 heterocycles. The molecular weight excluding hydrogens is 411 g/mol. The smallest absolute Gasteiger partial charge is 0.328 e. The molecule has 0 spiro atoms. The second kappa shape index (κ2) is 7.37. The van der Waals surface area contributed by atoms with Crippen molar-refractivity contribution < 1.29 is 17.6 Å². The molecule has 2 aromatic carbocycles. The van der Waals surface area contributed by atoms with Crippen LogP contribution >= 0.6 is 0 Å². The molecule has 0 bridgehead atoms. The first kappa shape index (κ1) is 20.3. The normalized spacial score (nSPS) is 15.6. The zero-order valence-corrected chi connectivity index (χ0v) is 17.4. The third-order valence-corrected chi connectivity index (χ3v) is 7.39. The third kappa shape index (κ3) is 3.31. The molecule has 0 N–H and O–H groups in total. The molecule has 1 saturated heterocycles. The Bertz CT molecular complexity index is 1290. The Kier molecular flexibility index (Phi) is 4.99. The summed E-state index contributed by atoms with van der Waals surface area (Å²) < 4.78 is 43.5. The van der Waals surface area contributed by atoms with E-state index in [2.05, 4.69) is 0 Å². The summed E-state index contributed by atoms with van der Waals surface area (Å²) in [5.41, 5.74) is 1.32. The van der Waals surface area contributed by atoms with E-state index in [1.807, 2.05) is 0 Å². The topological polar surface area (TPSA) is 84.6 Å². The number of imidazole rings is 1. The lowest BCUT2D eigenvalue weighted by Crippen LogP contribution is -2.50. The highest BCUT2D eigenvalue weighted by atomic mass is 32.2. The van der Waals surface area contributed by atoms with Crippen LogP contribution in [0.25, 0.3) is 11.0 Å². The van der Waals surface area contributed by atoms with Crippen molar-refractivity contribution in [3.63, 3.8) is 0 Å². The van der Waals surface area contributed by atoms with E-state index in [0.29, 0.717) is 16.6 Å². The van der Waals surface area contributed by atoms with E-state index in [4.69, 9.17) is 0 Å². The van der Waals surface area contributed by atoms with Gasteiger partial charge in [0.25, 0.3) is 5.91 Å². The maximum Gasteiger partial charge on any atom is 0.328 e. The zero-order valence-electron chi connectivity index (χ0n) is 16.6. The lowest BCUT2D eigenvalue weighted by atomic mass is 10.2. The number of nitrogens with zero attached hydrogens (tertiary/aromatic N) is 4. The quantitative estimate of drug-likeness (QED) is 0.622. The van der Waals surface area contributed by atoms with E-state index in [-0.39, 0.29) is 42.7 Å². The van der Waals surface area contributed by atoms with Gasteiger partial charge in [0, 0.05) is 45.8 Å². The highest BCUT2D eigenvalue weighted by Gasteiger charge is 2.31. The fourth-order valence-corrected chi connectivity index (χ4v) is 5.15. The van der Waals surface area contributed by atoms with E-state index >= 15 is 0 Å². The molecule has 30 heavy (non-hydrogen) atoms. The number of hydrogen-bond donors (Lipinski definition) is 0. The largest absolute Gasteiger partial charge is 0.336 e. The van der Waals surface area contributed by atoms with Crippen LogP contribution in [0.5, 0.6) is 0 Å². The highest BCUT2D eigenvalue weighted by Crippen LogP contribution is 2.22. The summed E-state index contributed by atoms with van der Waals surface area (Å²) in [6, 6.07) is 9.90. The second-order valence-corrected chi connectivity index (χ2v) is 9.19. The van der Waals surface area contributed by atoms with E-state index in [0.717, 1.165) is 0 Å². The monoisotopic (exact) mass is 432 g/mol. The fourth-order valence-electron chi connectivity index (χ4n) is 3.70. The van der Waals surface area contributed by atoms with Crippen molar-refractivity contribution in [3.8, 4) is 0 Å². The summed E-state index contributed by atoms with van der Waals surface area (Å²) in [5.74, 6) is -0.678. The number of halogens is 1. The predicted molar refractivity (Wildman–Crippen MR) is 109 cm³/mol. The first-order valence-corrected chi connectivity index (χ1v) is 10.8. The van der Waals surface area contributed by atoms with Gasteiger partial charge in [-0.3, -0.25) is 13.9 Å². The number of rotatable bonds is 3. The second-order valence-electron chi connectivity index (χ2n) is 7.25. The van der Waals surface area contributed by atoms with Crippen molar-refractivity contribution in [1.82, 2.24) is 18.3 Å². The molecule has 0 aliphatic carbocycles. The fraction of sp³-hybridized carbons (Fsp3) is 0.300. The van der Waals surface area contributed by atoms with Crippen molar-refractivity contribution in [2.45, 2.75) is 4.90 Å². The average molecular weight is 432 g/mol. The van der Waals surface area contributed by atoms with Crippen LogP contribution in [0.2, 0.25) is 0 Å². The molecule has 0 radical (unpaired) electrons. The number of piperazine rings is 1. The number of sulfonamides is 1. The van der Waals surface area contributed by atoms with Gasteiger partial charge in [-0.25, -0.2) is 17.6 Å². The molecule has 158 valence electrons. The molecule has 1 aromatic heterocycles. The Morgan fingerprint density at radius 1 is 0.900 bits per heavy atom. The van der Waals surface area contributed by atoms with Gasteiger partial charge in [-0.15, -0.1) is 0 Å². The predicted octanol–water partition coefficient (Wildman–Crippen LogP) is 1.16. The van der Waals surface area contributed by atoms with Gasteiger partial charge in [0.1, 0.15) is 5.82 Å². The van der Waals surface area contributed by atoms with Gasteiger partial charge in [-0.05, 0) is 42.5 Å². The molecule has 4 rings (SSSR count). The molecule has 1 amide bonds. The highest BCUT2D eigenvalue weighted by molar-refractivity contribution is 7.89. The van der Waals surface area contributed by atoms with Crippen molar-refractivity contribution in [2.75, 3.05) is 26.2 Å². The van der Waals surface area contributed by atoms with Crippen LogP contribution in [0.4, 0.5) is 4.39 Å². The first-order valence-electron chi connectivity index (χ1n) is 9.40. The lowest BCUT2D eigenvalue weighted by molar-refractivity contribution is 0.0698. The van der Waals surface area contributed by atoms with Crippen LogP contribution < -0.4 is 5.69 Å². The Morgan fingerprint density at radius 2 is 1.50 bits per heavy atom. The van der Waals surface area contributed by atoms with Gasteiger partial charge < -0.3 is 4.90 Å². The van der Waals surface area contributed by atoms with E-state index < -0.39 is 15.8 Å². The summed E-state index contributed by atoms with van der Waals surface area (Å²) in [6.45, 7) is 0.783. The Labute approximate surface area is 172 Å². The summed E-state index contributed by atoms with van der Waals surface area (Å²) in [4.78, 5) is 26.3. The van der Waals surface area contributed by atoms with Crippen molar-refractivity contribution >= 4 is 27.0 Å². The Balaban J connectivity index is 1.53. The van der Waals surface area contributed by atoms with E-state index in [1.165, 1.54) is 49.8 Å². The van der Waals surface area contributed by atoms with Gasteiger partial charge in [-0.2, -0.15) is 4.31 Å². The molecule has 8 nitrogen and oxygen atoms in total. The lowest BCUT2D eigenvalue weighted by Gasteiger charge is -2.34. The number of aryl methyl sites for hydroxylation is 2. The number of aromatic nitrogens is 2. The van der Waals surface area contributed by atoms with E-state index in [1.54, 1.807) is 25.1 Å². The summed E-state index contributed by atoms with van der Waals surface area (Å²) in [6.07, 6.45) is 0. The maximum atomic E-state index is 13.1. The van der Waals surface area contributed by atoms with Crippen LogP contribution in [0, 0.1) is 5.82 Å². The molecule has 1 aliphatic heterocycles. The maximum absolute atomic E-state index is 13.1. The van der Waals surface area contributed by atoms with Gasteiger partial charge in [0.2, 0.25) is 10.0 Å². The number of benzene rings is 2. The van der Waals surface area contributed by atoms with Crippen molar-refractivity contribution in [3.05, 3.63) is 64.3 Å². The molecule has 1 aliphatic rings. The van der Waals surface area contributed by atoms with Gasteiger partial charge >= 0.3 is 5.69 Å². The van der Waals surface area contributed by atoms with Crippen molar-refractivity contribution in [2.24, 2.45) is 14.1 Å². The zero-order chi connectivity index (χ0) is 21.6. The number of carbonyl (C=O) groups is 1. The summed E-state index contributed by atoms with van der Waals surface area (Å²) >= 11 is 0. The molecule has 3 aromatic rings. The SMILES string of the molecule is Cn1c(=O)n(C)c2cc(S(=O)(=O)N3CCN(C(=O)c4ccc(F)cc4)CC3)ccc21. The minimum atomic E-state index is -3.77. The number of hydrogen-bond acceptors (Lipinski definition) is 4. The first-order chi connectivity index (χ1) is 14.2. The van der Waals surface area contributed by atoms with Gasteiger partial charge in [0.15, 0.2) is 0 Å².